The summed E-state index contributed by atoms with van der Waals surface area (Å²) in [6.07, 6.45) is 0.999. The number of hydrogen-bond acceptors (Lipinski definition) is 10. The van der Waals surface area contributed by atoms with E-state index in [1.54, 1.807) is 19.2 Å². The highest BCUT2D eigenvalue weighted by Gasteiger charge is 2.46. The first-order chi connectivity index (χ1) is 23.0. The largest absolute Gasteiger partial charge is 0.497 e. The summed E-state index contributed by atoms with van der Waals surface area (Å²) in [4.78, 5) is 4.83. The maximum atomic E-state index is 11.0. The van der Waals surface area contributed by atoms with Crippen molar-refractivity contribution in [1.29, 1.82) is 0 Å². The molecule has 0 amide bonds. The summed E-state index contributed by atoms with van der Waals surface area (Å²) in [5, 5.41) is 21.9. The molecule has 3 aromatic carbocycles. The second-order valence-electron chi connectivity index (χ2n) is 12.6. The van der Waals surface area contributed by atoms with Crippen LogP contribution in [0.15, 0.2) is 72.8 Å². The van der Waals surface area contributed by atoms with Gasteiger partial charge < -0.3 is 43.5 Å². The van der Waals surface area contributed by atoms with Crippen LogP contribution in [0.25, 0.3) is 0 Å². The lowest BCUT2D eigenvalue weighted by molar-refractivity contribution is -0.287. The Labute approximate surface area is 277 Å². The number of piperazine rings is 1. The molecule has 2 N–H and O–H groups in total. The van der Waals surface area contributed by atoms with E-state index in [1.807, 2.05) is 48.5 Å². The molecule has 0 bridgehead atoms. The lowest BCUT2D eigenvalue weighted by atomic mass is 9.98. The van der Waals surface area contributed by atoms with Gasteiger partial charge in [-0.05, 0) is 91.9 Å². The van der Waals surface area contributed by atoms with Crippen LogP contribution >= 0.6 is 0 Å². The number of hydrogen-bond donors (Lipinski definition) is 2. The highest BCUT2D eigenvalue weighted by Crippen LogP contribution is 2.30. The van der Waals surface area contributed by atoms with Crippen molar-refractivity contribution in [2.24, 2.45) is 0 Å². The van der Waals surface area contributed by atoms with Gasteiger partial charge in [0.2, 0.25) is 0 Å². The number of benzene rings is 3. The Morgan fingerprint density at radius 1 is 0.745 bits per heavy atom. The second-order valence-corrected chi connectivity index (χ2v) is 12.6. The summed E-state index contributed by atoms with van der Waals surface area (Å²) in [6, 6.07) is 23.5. The minimum absolute atomic E-state index is 0.0420. The zero-order valence-corrected chi connectivity index (χ0v) is 27.4. The molecular formula is C37H48N2O8. The first-order valence-corrected chi connectivity index (χ1v) is 16.8. The van der Waals surface area contributed by atoms with Gasteiger partial charge in [0.15, 0.2) is 12.4 Å². The van der Waals surface area contributed by atoms with E-state index in [9.17, 15) is 10.2 Å². The minimum Gasteiger partial charge on any atom is -0.497 e. The number of rotatable bonds is 12. The molecule has 10 heteroatoms. The van der Waals surface area contributed by atoms with Crippen LogP contribution in [0, 0.1) is 0 Å². The summed E-state index contributed by atoms with van der Waals surface area (Å²) in [5.41, 5.74) is 2.39. The number of aliphatic hydroxyl groups excluding tert-OH is 2. The Kier molecular flexibility index (Phi) is 11.4. The third-order valence-corrected chi connectivity index (χ3v) is 9.36. The first kappa shape index (κ1) is 33.4. The summed E-state index contributed by atoms with van der Waals surface area (Å²) in [7, 11) is 3.18. The number of anilines is 1. The molecule has 3 fully saturated rings. The van der Waals surface area contributed by atoms with E-state index in [-0.39, 0.29) is 12.7 Å². The molecule has 47 heavy (non-hydrogen) atoms. The van der Waals surface area contributed by atoms with Crippen molar-refractivity contribution in [2.45, 2.75) is 75.5 Å². The van der Waals surface area contributed by atoms with Gasteiger partial charge in [0.05, 0.1) is 13.2 Å². The molecule has 2 saturated heterocycles. The van der Waals surface area contributed by atoms with E-state index in [0.29, 0.717) is 11.5 Å². The van der Waals surface area contributed by atoms with Gasteiger partial charge in [0.1, 0.15) is 47.9 Å². The predicted molar refractivity (Wildman–Crippen MR) is 178 cm³/mol. The Balaban J connectivity index is 0.963. The fourth-order valence-corrected chi connectivity index (χ4v) is 6.61. The molecule has 0 radical (unpaired) electrons. The maximum Gasteiger partial charge on any atom is 0.197 e. The monoisotopic (exact) mass is 648 g/mol. The molecule has 2 heterocycles. The highest BCUT2D eigenvalue weighted by molar-refractivity contribution is 5.49. The fraction of sp³-hybridized carbons (Fsp3) is 0.514. The van der Waals surface area contributed by atoms with Crippen LogP contribution in [0.2, 0.25) is 0 Å². The van der Waals surface area contributed by atoms with Crippen LogP contribution in [0.1, 0.15) is 37.7 Å². The zero-order chi connectivity index (χ0) is 32.6. The fourth-order valence-electron chi connectivity index (χ4n) is 6.61. The van der Waals surface area contributed by atoms with Gasteiger partial charge in [0.25, 0.3) is 0 Å². The van der Waals surface area contributed by atoms with Gasteiger partial charge in [-0.2, -0.15) is 0 Å². The molecule has 1 saturated carbocycles. The summed E-state index contributed by atoms with van der Waals surface area (Å²) in [5.74, 6) is 2.86. The van der Waals surface area contributed by atoms with Gasteiger partial charge in [0, 0.05) is 45.5 Å². The van der Waals surface area contributed by atoms with Gasteiger partial charge in [-0.25, -0.2) is 0 Å². The summed E-state index contributed by atoms with van der Waals surface area (Å²) >= 11 is 0. The number of ether oxygens (including phenoxy) is 6. The van der Waals surface area contributed by atoms with Crippen LogP contribution in [0.3, 0.4) is 0 Å². The molecule has 6 rings (SSSR count). The molecule has 254 valence electrons. The zero-order valence-electron chi connectivity index (χ0n) is 27.4. The van der Waals surface area contributed by atoms with E-state index in [1.165, 1.54) is 31.9 Å². The number of nitrogens with zero attached hydrogens (tertiary/aromatic N) is 2. The Hall–Kier alpha value is -3.54. The smallest absolute Gasteiger partial charge is 0.197 e. The van der Waals surface area contributed by atoms with Crippen LogP contribution in [0.5, 0.6) is 23.0 Å². The summed E-state index contributed by atoms with van der Waals surface area (Å²) in [6.45, 7) is 4.76. The van der Waals surface area contributed by atoms with Gasteiger partial charge >= 0.3 is 0 Å². The molecule has 2 aliphatic heterocycles. The van der Waals surface area contributed by atoms with Crippen molar-refractivity contribution in [3.63, 3.8) is 0 Å². The maximum absolute atomic E-state index is 11.0. The topological polar surface area (TPSA) is 102 Å². The van der Waals surface area contributed by atoms with E-state index in [0.717, 1.165) is 62.8 Å². The molecule has 0 unspecified atom stereocenters. The minimum atomic E-state index is -1.24. The van der Waals surface area contributed by atoms with Crippen molar-refractivity contribution >= 4 is 5.69 Å². The van der Waals surface area contributed by atoms with Gasteiger partial charge in [-0.3, -0.25) is 4.90 Å². The highest BCUT2D eigenvalue weighted by atomic mass is 16.7. The Bertz CT molecular complexity index is 1370. The normalized spacial score (nSPS) is 25.7. The van der Waals surface area contributed by atoms with Crippen molar-refractivity contribution in [3.05, 3.63) is 78.4 Å². The van der Waals surface area contributed by atoms with Gasteiger partial charge in [-0.1, -0.05) is 18.6 Å². The first-order valence-electron chi connectivity index (χ1n) is 16.8. The SMILES string of the molecule is COc1cccc(CN2CCN(c3ccc(OC[C@H]4O[C@H](OC)[C@H](Oc5ccc(OC6CCCCC6)cc5)[C@@H](O)[C@@H]4O)cc3)CC2)c1. The third kappa shape index (κ3) is 8.69. The second kappa shape index (κ2) is 16.0. The Morgan fingerprint density at radius 3 is 2.11 bits per heavy atom. The Morgan fingerprint density at radius 2 is 1.43 bits per heavy atom. The van der Waals surface area contributed by atoms with Crippen LogP contribution in [-0.2, 0) is 16.0 Å². The predicted octanol–water partition coefficient (Wildman–Crippen LogP) is 4.65. The quantitative estimate of drug-likeness (QED) is 0.289. The van der Waals surface area contributed by atoms with Crippen LogP contribution < -0.4 is 23.8 Å². The number of aliphatic hydroxyl groups is 2. The lowest BCUT2D eigenvalue weighted by Crippen LogP contribution is -2.61. The molecule has 3 aliphatic rings. The lowest BCUT2D eigenvalue weighted by Gasteiger charge is -2.41. The standard InChI is InChI=1S/C37H48N2O8/c1-42-32-10-6-7-26(23-32)24-38-19-21-39(22-20-38)27-11-13-28(14-12-27)44-25-33-34(40)35(41)36(37(43-2)47-33)46-31-17-15-30(16-18-31)45-29-8-4-3-5-9-29/h6-7,10-18,23,29,33-37,40-41H,3-5,8-9,19-22,24-25H2,1-2H3/t33-,34-,35+,36-,37+/m1/s1. The van der Waals surface area contributed by atoms with Crippen LogP contribution in [-0.4, -0.2) is 98.9 Å². The number of methoxy groups -OCH3 is 2. The molecule has 10 nitrogen and oxygen atoms in total. The van der Waals surface area contributed by atoms with Crippen LogP contribution in [0.4, 0.5) is 5.69 Å². The van der Waals surface area contributed by atoms with Crippen molar-refractivity contribution in [1.82, 2.24) is 4.90 Å². The van der Waals surface area contributed by atoms with Crippen molar-refractivity contribution in [3.8, 4) is 23.0 Å². The van der Waals surface area contributed by atoms with Crippen molar-refractivity contribution in [2.75, 3.05) is 51.9 Å². The van der Waals surface area contributed by atoms with E-state index >= 15 is 0 Å². The molecule has 0 aromatic heterocycles. The average molecular weight is 649 g/mol. The molecular weight excluding hydrogens is 600 g/mol. The van der Waals surface area contributed by atoms with E-state index in [4.69, 9.17) is 28.4 Å². The molecule has 0 spiro atoms. The van der Waals surface area contributed by atoms with E-state index < -0.39 is 30.7 Å². The molecule has 5 atom stereocenters. The molecule has 3 aromatic rings. The average Bonchev–Trinajstić information content (AvgIpc) is 3.12. The summed E-state index contributed by atoms with van der Waals surface area (Å²) < 4.78 is 35.0. The molecule has 1 aliphatic carbocycles. The van der Waals surface area contributed by atoms with E-state index in [2.05, 4.69) is 21.9 Å². The van der Waals surface area contributed by atoms with Crippen molar-refractivity contribution < 1.29 is 38.6 Å². The van der Waals surface area contributed by atoms with Gasteiger partial charge in [-0.15, -0.1) is 0 Å². The third-order valence-electron chi connectivity index (χ3n) is 9.36.